The average molecular weight is 297 g/mol. The van der Waals surface area contributed by atoms with Crippen molar-refractivity contribution in [2.24, 2.45) is 10.9 Å². The van der Waals surface area contributed by atoms with Crippen molar-refractivity contribution >= 4 is 17.2 Å². The van der Waals surface area contributed by atoms with Gasteiger partial charge in [-0.15, -0.1) is 11.3 Å². The Morgan fingerprint density at radius 2 is 2.10 bits per heavy atom. The van der Waals surface area contributed by atoms with E-state index in [9.17, 15) is 0 Å². The highest BCUT2D eigenvalue weighted by atomic mass is 32.1. The molecule has 1 aromatic heterocycles. The highest BCUT2D eigenvalue weighted by Crippen LogP contribution is 2.18. The number of hydrogen-bond acceptors (Lipinski definition) is 6. The Hall–Kier alpha value is -1.18. The van der Waals surface area contributed by atoms with E-state index in [0.29, 0.717) is 0 Å². The van der Waals surface area contributed by atoms with Gasteiger partial charge in [0, 0.05) is 38.1 Å². The van der Waals surface area contributed by atoms with Gasteiger partial charge in [-0.3, -0.25) is 9.80 Å². The van der Waals surface area contributed by atoms with Crippen LogP contribution in [0.3, 0.4) is 0 Å². The number of nitrogens with two attached hydrogens (primary N) is 1. The lowest BCUT2D eigenvalue weighted by atomic mass is 10.0. The Kier molecular flexibility index (Phi) is 4.62. The van der Waals surface area contributed by atoms with E-state index in [0.717, 1.165) is 43.4 Å². The van der Waals surface area contributed by atoms with Gasteiger partial charge in [0.25, 0.3) is 0 Å². The number of aryl methyl sites for hydroxylation is 1. The number of aromatic nitrogens is 1. The number of thiazole rings is 1. The van der Waals surface area contributed by atoms with Crippen LogP contribution in [-0.2, 0) is 6.54 Å². The molecule has 0 spiro atoms. The van der Waals surface area contributed by atoms with E-state index in [-0.39, 0.29) is 5.84 Å². The minimum absolute atomic E-state index is 0.265. The standard InChI is InChI=1S/C13H23N5OS/c1-10-15-11(9-20-10)8-17-4-6-18(7-5-17)13(2,3)12(14)16-19/h9,19H,4-8H2,1-3H3,(H2,14,16). The highest BCUT2D eigenvalue weighted by molar-refractivity contribution is 7.09. The maximum Gasteiger partial charge on any atom is 0.159 e. The van der Waals surface area contributed by atoms with E-state index in [1.54, 1.807) is 11.3 Å². The molecule has 0 aliphatic carbocycles. The van der Waals surface area contributed by atoms with Gasteiger partial charge in [0.2, 0.25) is 0 Å². The minimum Gasteiger partial charge on any atom is -0.409 e. The van der Waals surface area contributed by atoms with Crippen LogP contribution in [-0.4, -0.2) is 57.5 Å². The van der Waals surface area contributed by atoms with Crippen LogP contribution in [0.4, 0.5) is 0 Å². The molecule has 1 aromatic rings. The Balaban J connectivity index is 1.89. The lowest BCUT2D eigenvalue weighted by molar-refractivity contribution is 0.0788. The summed E-state index contributed by atoms with van der Waals surface area (Å²) in [6.45, 7) is 10.7. The second-order valence-corrected chi connectivity index (χ2v) is 6.73. The maximum atomic E-state index is 8.87. The zero-order valence-corrected chi connectivity index (χ0v) is 13.2. The third-order valence-electron chi connectivity index (χ3n) is 3.95. The van der Waals surface area contributed by atoms with Gasteiger partial charge in [-0.25, -0.2) is 4.98 Å². The van der Waals surface area contributed by atoms with Crippen molar-refractivity contribution in [2.75, 3.05) is 26.2 Å². The van der Waals surface area contributed by atoms with Gasteiger partial charge in [-0.2, -0.15) is 0 Å². The van der Waals surface area contributed by atoms with Crippen LogP contribution in [0.1, 0.15) is 24.5 Å². The Morgan fingerprint density at radius 3 is 2.60 bits per heavy atom. The van der Waals surface area contributed by atoms with Gasteiger partial charge in [0.05, 0.1) is 16.2 Å². The number of oxime groups is 1. The second-order valence-electron chi connectivity index (χ2n) is 5.67. The van der Waals surface area contributed by atoms with Crippen molar-refractivity contribution in [1.29, 1.82) is 0 Å². The molecule has 1 aliphatic heterocycles. The molecule has 6 nitrogen and oxygen atoms in total. The zero-order valence-electron chi connectivity index (χ0n) is 12.3. The summed E-state index contributed by atoms with van der Waals surface area (Å²) in [7, 11) is 0. The lowest BCUT2D eigenvalue weighted by Crippen LogP contribution is -2.59. The van der Waals surface area contributed by atoms with Gasteiger partial charge >= 0.3 is 0 Å². The topological polar surface area (TPSA) is 78.0 Å². The summed E-state index contributed by atoms with van der Waals surface area (Å²) in [5, 5.41) is 15.3. The monoisotopic (exact) mass is 297 g/mol. The van der Waals surface area contributed by atoms with E-state index in [1.165, 1.54) is 0 Å². The summed E-state index contributed by atoms with van der Waals surface area (Å²) in [6.07, 6.45) is 0. The molecule has 0 aromatic carbocycles. The molecule has 1 aliphatic rings. The molecular weight excluding hydrogens is 274 g/mol. The van der Waals surface area contributed by atoms with Crippen LogP contribution in [0.5, 0.6) is 0 Å². The molecule has 3 N–H and O–H groups in total. The fourth-order valence-corrected chi connectivity index (χ4v) is 3.06. The first-order valence-corrected chi connectivity index (χ1v) is 7.68. The first-order chi connectivity index (χ1) is 9.43. The summed E-state index contributed by atoms with van der Waals surface area (Å²) in [6, 6.07) is 0. The molecule has 1 saturated heterocycles. The Morgan fingerprint density at radius 1 is 1.45 bits per heavy atom. The number of amidine groups is 1. The molecule has 2 rings (SSSR count). The fraction of sp³-hybridized carbons (Fsp3) is 0.692. The van der Waals surface area contributed by atoms with Crippen LogP contribution in [0.25, 0.3) is 0 Å². The zero-order chi connectivity index (χ0) is 14.8. The molecule has 112 valence electrons. The molecule has 0 radical (unpaired) electrons. The predicted octanol–water partition coefficient (Wildman–Crippen LogP) is 1.09. The number of hydrogen-bond donors (Lipinski definition) is 2. The molecule has 20 heavy (non-hydrogen) atoms. The fourth-order valence-electron chi connectivity index (χ4n) is 2.46. The largest absolute Gasteiger partial charge is 0.409 e. The van der Waals surface area contributed by atoms with Crippen LogP contribution >= 0.6 is 11.3 Å². The second kappa shape index (κ2) is 6.07. The summed E-state index contributed by atoms with van der Waals surface area (Å²) < 4.78 is 0. The van der Waals surface area contributed by atoms with Crippen LogP contribution < -0.4 is 5.73 Å². The average Bonchev–Trinajstić information content (AvgIpc) is 2.83. The maximum absolute atomic E-state index is 8.87. The van der Waals surface area contributed by atoms with E-state index in [1.807, 2.05) is 20.8 Å². The van der Waals surface area contributed by atoms with Crippen molar-refractivity contribution in [2.45, 2.75) is 32.9 Å². The number of rotatable bonds is 4. The molecule has 0 amide bonds. The third-order valence-corrected chi connectivity index (χ3v) is 4.77. The van der Waals surface area contributed by atoms with Gasteiger partial charge in [0.15, 0.2) is 5.84 Å². The van der Waals surface area contributed by atoms with E-state index in [2.05, 4.69) is 25.3 Å². The predicted molar refractivity (Wildman–Crippen MR) is 81.2 cm³/mol. The van der Waals surface area contributed by atoms with E-state index in [4.69, 9.17) is 10.9 Å². The van der Waals surface area contributed by atoms with Crippen LogP contribution in [0.2, 0.25) is 0 Å². The molecule has 1 fully saturated rings. The molecular formula is C13H23N5OS. The van der Waals surface area contributed by atoms with Crippen molar-refractivity contribution in [3.05, 3.63) is 16.1 Å². The quantitative estimate of drug-likeness (QED) is 0.376. The first-order valence-electron chi connectivity index (χ1n) is 6.80. The van der Waals surface area contributed by atoms with Crippen molar-refractivity contribution < 1.29 is 5.21 Å². The van der Waals surface area contributed by atoms with Crippen LogP contribution in [0, 0.1) is 6.92 Å². The van der Waals surface area contributed by atoms with Gasteiger partial charge < -0.3 is 10.9 Å². The first kappa shape index (κ1) is 15.2. The van der Waals surface area contributed by atoms with E-state index >= 15 is 0 Å². The van der Waals surface area contributed by atoms with Crippen molar-refractivity contribution in [1.82, 2.24) is 14.8 Å². The Labute approximate surface area is 123 Å². The summed E-state index contributed by atoms with van der Waals surface area (Å²) >= 11 is 1.70. The summed E-state index contributed by atoms with van der Waals surface area (Å²) in [4.78, 5) is 9.16. The van der Waals surface area contributed by atoms with Gasteiger partial charge in [-0.05, 0) is 20.8 Å². The third kappa shape index (κ3) is 3.28. The SMILES string of the molecule is Cc1nc(CN2CCN(C(C)(C)C(N)=NO)CC2)cs1. The smallest absolute Gasteiger partial charge is 0.159 e. The lowest BCUT2D eigenvalue weighted by Gasteiger charge is -2.43. The molecule has 0 bridgehead atoms. The van der Waals surface area contributed by atoms with Gasteiger partial charge in [-0.1, -0.05) is 5.16 Å². The normalized spacial score (nSPS) is 19.4. The molecule has 0 atom stereocenters. The minimum atomic E-state index is -0.405. The van der Waals surface area contributed by atoms with Crippen molar-refractivity contribution in [3.63, 3.8) is 0 Å². The van der Waals surface area contributed by atoms with Crippen LogP contribution in [0.15, 0.2) is 10.5 Å². The molecule has 0 unspecified atom stereocenters. The number of piperazine rings is 1. The number of nitrogens with zero attached hydrogens (tertiary/aromatic N) is 4. The highest BCUT2D eigenvalue weighted by Gasteiger charge is 2.33. The summed E-state index contributed by atoms with van der Waals surface area (Å²) in [5.74, 6) is 0.265. The summed E-state index contributed by atoms with van der Waals surface area (Å²) in [5.41, 5.74) is 6.52. The molecule has 0 saturated carbocycles. The molecule has 2 heterocycles. The Bertz CT molecular complexity index is 477. The molecule has 7 heteroatoms. The van der Waals surface area contributed by atoms with Gasteiger partial charge in [0.1, 0.15) is 0 Å². The van der Waals surface area contributed by atoms with E-state index < -0.39 is 5.54 Å². The van der Waals surface area contributed by atoms with Crippen molar-refractivity contribution in [3.8, 4) is 0 Å².